The largest absolute Gasteiger partial charge is 0.508 e. The molecule has 3 heteroatoms. The van der Waals surface area contributed by atoms with Gasteiger partial charge in [-0.1, -0.05) is 6.07 Å². The van der Waals surface area contributed by atoms with E-state index in [9.17, 15) is 5.11 Å². The summed E-state index contributed by atoms with van der Waals surface area (Å²) in [5, 5.41) is 9.57. The van der Waals surface area contributed by atoms with Gasteiger partial charge in [0.2, 0.25) is 0 Å². The van der Waals surface area contributed by atoms with E-state index in [2.05, 4.69) is 4.90 Å². The molecule has 1 fully saturated rings. The van der Waals surface area contributed by atoms with Gasteiger partial charge in [-0.3, -0.25) is 0 Å². The van der Waals surface area contributed by atoms with Gasteiger partial charge in [0.1, 0.15) is 5.75 Å². The Morgan fingerprint density at radius 3 is 2.71 bits per heavy atom. The summed E-state index contributed by atoms with van der Waals surface area (Å²) in [6, 6.07) is 5.65. The monoisotopic (exact) mass is 193 g/mol. The number of hydrogen-bond acceptors (Lipinski definition) is 3. The molecule has 0 aliphatic carbocycles. The van der Waals surface area contributed by atoms with Crippen molar-refractivity contribution in [3.63, 3.8) is 0 Å². The van der Waals surface area contributed by atoms with Crippen LogP contribution in [0.4, 0.5) is 5.69 Å². The Kier molecular flexibility index (Phi) is 2.59. The summed E-state index contributed by atoms with van der Waals surface area (Å²) in [6.45, 7) is 5.30. The molecular weight excluding hydrogens is 178 g/mol. The topological polar surface area (TPSA) is 32.7 Å². The molecule has 1 aliphatic rings. The van der Waals surface area contributed by atoms with Crippen LogP contribution in [0.15, 0.2) is 18.2 Å². The van der Waals surface area contributed by atoms with E-state index < -0.39 is 0 Å². The van der Waals surface area contributed by atoms with Gasteiger partial charge < -0.3 is 14.7 Å². The highest BCUT2D eigenvalue weighted by atomic mass is 16.5. The van der Waals surface area contributed by atoms with Crippen LogP contribution in [0.3, 0.4) is 0 Å². The summed E-state index contributed by atoms with van der Waals surface area (Å²) in [4.78, 5) is 2.25. The number of morpholine rings is 1. The quantitative estimate of drug-likeness (QED) is 0.734. The highest BCUT2D eigenvalue weighted by Crippen LogP contribution is 2.27. The molecule has 0 unspecified atom stereocenters. The number of phenols is 1. The van der Waals surface area contributed by atoms with Crippen LogP contribution in [0.5, 0.6) is 5.75 Å². The highest BCUT2D eigenvalue weighted by Gasteiger charge is 2.14. The summed E-state index contributed by atoms with van der Waals surface area (Å²) in [5.74, 6) is 0.369. The number of ether oxygens (including phenoxy) is 1. The average Bonchev–Trinajstić information content (AvgIpc) is 2.23. The summed E-state index contributed by atoms with van der Waals surface area (Å²) < 4.78 is 5.29. The first-order valence-electron chi connectivity index (χ1n) is 4.90. The van der Waals surface area contributed by atoms with E-state index in [0.29, 0.717) is 5.75 Å². The first kappa shape index (κ1) is 9.34. The molecule has 0 atom stereocenters. The minimum Gasteiger partial charge on any atom is -0.508 e. The van der Waals surface area contributed by atoms with Crippen LogP contribution in [0.1, 0.15) is 5.56 Å². The molecule has 14 heavy (non-hydrogen) atoms. The molecule has 2 rings (SSSR count). The summed E-state index contributed by atoms with van der Waals surface area (Å²) in [6.07, 6.45) is 0. The van der Waals surface area contributed by atoms with Crippen LogP contribution >= 0.6 is 0 Å². The van der Waals surface area contributed by atoms with E-state index in [1.54, 1.807) is 6.07 Å². The van der Waals surface area contributed by atoms with Crippen molar-refractivity contribution in [3.8, 4) is 5.75 Å². The fourth-order valence-corrected chi connectivity index (χ4v) is 1.76. The van der Waals surface area contributed by atoms with Gasteiger partial charge in [-0.15, -0.1) is 0 Å². The van der Waals surface area contributed by atoms with Crippen molar-refractivity contribution >= 4 is 5.69 Å². The van der Waals surface area contributed by atoms with Crippen LogP contribution in [-0.4, -0.2) is 31.4 Å². The molecule has 1 N–H and O–H groups in total. The molecule has 1 saturated heterocycles. The van der Waals surface area contributed by atoms with Crippen LogP contribution in [-0.2, 0) is 4.74 Å². The number of rotatable bonds is 1. The van der Waals surface area contributed by atoms with E-state index in [4.69, 9.17) is 4.74 Å². The second kappa shape index (κ2) is 3.88. The van der Waals surface area contributed by atoms with Crippen molar-refractivity contribution < 1.29 is 9.84 Å². The molecule has 1 heterocycles. The smallest absolute Gasteiger partial charge is 0.120 e. The number of anilines is 1. The molecule has 1 aromatic carbocycles. The van der Waals surface area contributed by atoms with Gasteiger partial charge in [0, 0.05) is 24.3 Å². The van der Waals surface area contributed by atoms with Crippen LogP contribution in [0, 0.1) is 6.92 Å². The molecule has 0 amide bonds. The van der Waals surface area contributed by atoms with E-state index in [1.165, 1.54) is 0 Å². The first-order chi connectivity index (χ1) is 6.79. The maximum atomic E-state index is 9.57. The zero-order valence-electron chi connectivity index (χ0n) is 8.36. The van der Waals surface area contributed by atoms with E-state index in [-0.39, 0.29) is 0 Å². The van der Waals surface area contributed by atoms with Crippen molar-refractivity contribution in [3.05, 3.63) is 23.8 Å². The maximum absolute atomic E-state index is 9.57. The van der Waals surface area contributed by atoms with Crippen molar-refractivity contribution in [2.24, 2.45) is 0 Å². The lowest BCUT2D eigenvalue weighted by molar-refractivity contribution is 0.122. The fourth-order valence-electron chi connectivity index (χ4n) is 1.76. The number of phenolic OH excluding ortho intramolecular Hbond substituents is 1. The minimum absolute atomic E-state index is 0.369. The molecular formula is C11H15NO2. The third kappa shape index (κ3) is 1.68. The second-order valence-electron chi connectivity index (χ2n) is 3.52. The fraction of sp³-hybridized carbons (Fsp3) is 0.455. The Labute approximate surface area is 83.9 Å². The molecule has 0 bridgehead atoms. The highest BCUT2D eigenvalue weighted by molar-refractivity contribution is 5.58. The van der Waals surface area contributed by atoms with E-state index >= 15 is 0 Å². The van der Waals surface area contributed by atoms with Gasteiger partial charge in [-0.2, -0.15) is 0 Å². The van der Waals surface area contributed by atoms with Gasteiger partial charge in [0.15, 0.2) is 0 Å². The molecule has 1 aliphatic heterocycles. The minimum atomic E-state index is 0.369. The Balaban J connectivity index is 2.26. The van der Waals surface area contributed by atoms with Gasteiger partial charge in [0.25, 0.3) is 0 Å². The van der Waals surface area contributed by atoms with E-state index in [0.717, 1.165) is 37.6 Å². The number of nitrogens with zero attached hydrogens (tertiary/aromatic N) is 1. The molecule has 0 spiro atoms. The van der Waals surface area contributed by atoms with Crippen LogP contribution < -0.4 is 4.90 Å². The van der Waals surface area contributed by atoms with Crippen molar-refractivity contribution in [2.75, 3.05) is 31.2 Å². The molecule has 3 nitrogen and oxygen atoms in total. The number of benzene rings is 1. The predicted molar refractivity (Wildman–Crippen MR) is 55.9 cm³/mol. The second-order valence-corrected chi connectivity index (χ2v) is 3.52. The van der Waals surface area contributed by atoms with Crippen molar-refractivity contribution in [2.45, 2.75) is 6.92 Å². The maximum Gasteiger partial charge on any atom is 0.120 e. The zero-order valence-corrected chi connectivity index (χ0v) is 8.36. The Morgan fingerprint density at radius 2 is 2.00 bits per heavy atom. The van der Waals surface area contributed by atoms with Gasteiger partial charge in [0.05, 0.1) is 13.2 Å². The lowest BCUT2D eigenvalue weighted by Gasteiger charge is -2.30. The normalized spacial score (nSPS) is 17.1. The summed E-state index contributed by atoms with van der Waals surface area (Å²) in [5.41, 5.74) is 2.07. The van der Waals surface area contributed by atoms with Gasteiger partial charge >= 0.3 is 0 Å². The Bertz CT molecular complexity index is 319. The average molecular weight is 193 g/mol. The SMILES string of the molecule is Cc1c(O)cccc1N1CCOCC1. The van der Waals surface area contributed by atoms with Crippen LogP contribution in [0.25, 0.3) is 0 Å². The molecule has 0 radical (unpaired) electrons. The third-order valence-electron chi connectivity index (χ3n) is 2.63. The van der Waals surface area contributed by atoms with Crippen molar-refractivity contribution in [1.82, 2.24) is 0 Å². The summed E-state index contributed by atoms with van der Waals surface area (Å²) >= 11 is 0. The molecule has 76 valence electrons. The van der Waals surface area contributed by atoms with Crippen molar-refractivity contribution in [1.29, 1.82) is 0 Å². The first-order valence-corrected chi connectivity index (χ1v) is 4.90. The van der Waals surface area contributed by atoms with Crippen LogP contribution in [0.2, 0.25) is 0 Å². The predicted octanol–water partition coefficient (Wildman–Crippen LogP) is 1.54. The molecule has 0 aromatic heterocycles. The standard InChI is InChI=1S/C11H15NO2/c1-9-10(3-2-4-11(9)13)12-5-7-14-8-6-12/h2-4,13H,5-8H2,1H3. The van der Waals surface area contributed by atoms with E-state index in [1.807, 2.05) is 19.1 Å². The number of hydrogen-bond donors (Lipinski definition) is 1. The summed E-state index contributed by atoms with van der Waals surface area (Å²) in [7, 11) is 0. The zero-order chi connectivity index (χ0) is 9.97. The molecule has 1 aromatic rings. The van der Waals surface area contributed by atoms with Gasteiger partial charge in [-0.05, 0) is 19.1 Å². The lowest BCUT2D eigenvalue weighted by Crippen LogP contribution is -2.36. The third-order valence-corrected chi connectivity index (χ3v) is 2.63. The van der Waals surface area contributed by atoms with Gasteiger partial charge in [-0.25, -0.2) is 0 Å². The Hall–Kier alpha value is -1.22. The number of aromatic hydroxyl groups is 1. The Morgan fingerprint density at radius 1 is 1.29 bits per heavy atom. The molecule has 0 saturated carbocycles. The lowest BCUT2D eigenvalue weighted by atomic mass is 10.1.